The zero-order chi connectivity index (χ0) is 16.3. The highest BCUT2D eigenvalue weighted by molar-refractivity contribution is 7.90. The van der Waals surface area contributed by atoms with Crippen molar-refractivity contribution < 1.29 is 26.7 Å². The summed E-state index contributed by atoms with van der Waals surface area (Å²) in [7, 11) is -3.75. The first kappa shape index (κ1) is 16.5. The Morgan fingerprint density at radius 1 is 0.955 bits per heavy atom. The Labute approximate surface area is 125 Å². The van der Waals surface area contributed by atoms with Crippen molar-refractivity contribution in [2.24, 2.45) is 0 Å². The lowest BCUT2D eigenvalue weighted by Crippen LogP contribution is -2.16. The number of hydrogen-bond donors (Lipinski definition) is 1. The average molecular weight is 330 g/mol. The van der Waals surface area contributed by atoms with Crippen LogP contribution in [0.2, 0.25) is 0 Å². The van der Waals surface area contributed by atoms with Gasteiger partial charge in [-0.25, -0.2) is 21.6 Å². The molecular weight excluding hydrogens is 317 g/mol. The summed E-state index contributed by atoms with van der Waals surface area (Å²) in [6, 6.07) is 7.61. The lowest BCUT2D eigenvalue weighted by Gasteiger charge is -2.12. The standard InChI is InChI=1S/C15H13F3O3S/c16-12-4-2-11(3-5-12)15(19)9-22(20,21)8-10-1-6-13(17)14(18)7-10/h1-7,15,19H,8-9H2. The Morgan fingerprint density at radius 2 is 1.59 bits per heavy atom. The maximum Gasteiger partial charge on any atom is 0.159 e. The van der Waals surface area contributed by atoms with Crippen LogP contribution < -0.4 is 0 Å². The van der Waals surface area contributed by atoms with Crippen molar-refractivity contribution in [1.29, 1.82) is 0 Å². The fourth-order valence-electron chi connectivity index (χ4n) is 1.96. The molecule has 1 N–H and O–H groups in total. The second kappa shape index (κ2) is 6.50. The van der Waals surface area contributed by atoms with Crippen molar-refractivity contribution in [2.75, 3.05) is 5.75 Å². The van der Waals surface area contributed by atoms with Gasteiger partial charge in [0.25, 0.3) is 0 Å². The third kappa shape index (κ3) is 4.32. The van der Waals surface area contributed by atoms with E-state index in [1.165, 1.54) is 18.2 Å². The molecule has 0 bridgehead atoms. The molecule has 0 aliphatic heterocycles. The SMILES string of the molecule is O=S(=O)(Cc1ccc(F)c(F)c1)CC(O)c1ccc(F)cc1. The van der Waals surface area contributed by atoms with E-state index in [2.05, 4.69) is 0 Å². The smallest absolute Gasteiger partial charge is 0.159 e. The van der Waals surface area contributed by atoms with Crippen LogP contribution in [-0.2, 0) is 15.6 Å². The molecule has 0 amide bonds. The second-order valence-corrected chi connectivity index (χ2v) is 6.98. The summed E-state index contributed by atoms with van der Waals surface area (Å²) in [5.74, 6) is -3.82. The lowest BCUT2D eigenvalue weighted by atomic mass is 10.1. The van der Waals surface area contributed by atoms with Gasteiger partial charge >= 0.3 is 0 Å². The van der Waals surface area contributed by atoms with Crippen LogP contribution in [0.15, 0.2) is 42.5 Å². The van der Waals surface area contributed by atoms with E-state index < -0.39 is 44.9 Å². The fourth-order valence-corrected chi connectivity index (χ4v) is 3.44. The minimum Gasteiger partial charge on any atom is -0.387 e. The highest BCUT2D eigenvalue weighted by Crippen LogP contribution is 2.19. The summed E-state index contributed by atoms with van der Waals surface area (Å²) in [6.07, 6.45) is -1.32. The Balaban J connectivity index is 2.10. The highest BCUT2D eigenvalue weighted by atomic mass is 32.2. The highest BCUT2D eigenvalue weighted by Gasteiger charge is 2.20. The number of aliphatic hydroxyl groups is 1. The van der Waals surface area contributed by atoms with Gasteiger partial charge in [0.15, 0.2) is 21.5 Å². The fraction of sp³-hybridized carbons (Fsp3) is 0.200. The summed E-state index contributed by atoms with van der Waals surface area (Å²) < 4.78 is 62.6. The van der Waals surface area contributed by atoms with Crippen LogP contribution in [0.3, 0.4) is 0 Å². The molecule has 2 aromatic carbocycles. The maximum absolute atomic E-state index is 13.1. The van der Waals surface area contributed by atoms with E-state index in [1.807, 2.05) is 0 Å². The second-order valence-electron chi connectivity index (χ2n) is 4.87. The summed E-state index contributed by atoms with van der Waals surface area (Å²) >= 11 is 0. The van der Waals surface area contributed by atoms with E-state index in [1.54, 1.807) is 0 Å². The lowest BCUT2D eigenvalue weighted by molar-refractivity contribution is 0.201. The molecule has 0 saturated carbocycles. The first-order chi connectivity index (χ1) is 10.3. The number of aliphatic hydroxyl groups excluding tert-OH is 1. The van der Waals surface area contributed by atoms with Crippen LogP contribution in [0.4, 0.5) is 13.2 Å². The van der Waals surface area contributed by atoms with Crippen LogP contribution in [0, 0.1) is 17.5 Å². The Bertz CT molecular complexity index is 758. The number of rotatable bonds is 5. The van der Waals surface area contributed by atoms with E-state index >= 15 is 0 Å². The van der Waals surface area contributed by atoms with Gasteiger partial charge in [-0.2, -0.15) is 0 Å². The molecule has 0 aliphatic carbocycles. The van der Waals surface area contributed by atoms with Gasteiger partial charge in [-0.1, -0.05) is 18.2 Å². The van der Waals surface area contributed by atoms with E-state index in [0.29, 0.717) is 0 Å². The van der Waals surface area contributed by atoms with Crippen LogP contribution in [0.1, 0.15) is 17.2 Å². The molecule has 0 heterocycles. The number of benzene rings is 2. The van der Waals surface area contributed by atoms with Crippen LogP contribution >= 0.6 is 0 Å². The summed E-state index contributed by atoms with van der Waals surface area (Å²) in [4.78, 5) is 0. The number of sulfone groups is 1. The van der Waals surface area contributed by atoms with Gasteiger partial charge in [-0.3, -0.25) is 0 Å². The molecule has 2 aromatic rings. The van der Waals surface area contributed by atoms with Gasteiger partial charge in [0.2, 0.25) is 0 Å². The van der Waals surface area contributed by atoms with Gasteiger partial charge in [-0.05, 0) is 35.4 Å². The number of halogens is 3. The van der Waals surface area contributed by atoms with Gasteiger partial charge < -0.3 is 5.11 Å². The Kier molecular flexibility index (Phi) is 4.87. The molecule has 1 unspecified atom stereocenters. The maximum atomic E-state index is 13.1. The molecular formula is C15H13F3O3S. The van der Waals surface area contributed by atoms with E-state index in [0.717, 1.165) is 24.3 Å². The number of hydrogen-bond acceptors (Lipinski definition) is 3. The van der Waals surface area contributed by atoms with Gasteiger partial charge in [0.05, 0.1) is 17.6 Å². The third-order valence-corrected chi connectivity index (χ3v) is 4.63. The molecule has 0 aliphatic rings. The molecule has 1 atom stereocenters. The van der Waals surface area contributed by atoms with E-state index in [9.17, 15) is 26.7 Å². The van der Waals surface area contributed by atoms with E-state index in [4.69, 9.17) is 0 Å². The third-order valence-electron chi connectivity index (χ3n) is 3.04. The molecule has 0 radical (unpaired) electrons. The molecule has 0 saturated heterocycles. The molecule has 0 fully saturated rings. The Morgan fingerprint density at radius 3 is 2.18 bits per heavy atom. The molecule has 118 valence electrons. The summed E-state index contributed by atoms with van der Waals surface area (Å²) in [5.41, 5.74) is 0.348. The molecule has 7 heteroatoms. The zero-order valence-electron chi connectivity index (χ0n) is 11.3. The van der Waals surface area contributed by atoms with Crippen LogP contribution in [-0.4, -0.2) is 19.3 Å². The van der Waals surface area contributed by atoms with Gasteiger partial charge in [-0.15, -0.1) is 0 Å². The van der Waals surface area contributed by atoms with Crippen molar-refractivity contribution in [3.63, 3.8) is 0 Å². The zero-order valence-corrected chi connectivity index (χ0v) is 12.2. The van der Waals surface area contributed by atoms with Crippen molar-refractivity contribution in [2.45, 2.75) is 11.9 Å². The van der Waals surface area contributed by atoms with Crippen molar-refractivity contribution in [3.05, 3.63) is 71.0 Å². The van der Waals surface area contributed by atoms with Gasteiger partial charge in [0.1, 0.15) is 5.82 Å². The minimum absolute atomic E-state index is 0.0882. The minimum atomic E-state index is -3.75. The van der Waals surface area contributed by atoms with Gasteiger partial charge in [0, 0.05) is 0 Å². The monoisotopic (exact) mass is 330 g/mol. The van der Waals surface area contributed by atoms with Crippen molar-refractivity contribution in [1.82, 2.24) is 0 Å². The summed E-state index contributed by atoms with van der Waals surface area (Å²) in [5, 5.41) is 9.89. The molecule has 22 heavy (non-hydrogen) atoms. The predicted octanol–water partition coefficient (Wildman–Crippen LogP) is 2.75. The first-order valence-electron chi connectivity index (χ1n) is 6.35. The van der Waals surface area contributed by atoms with Crippen molar-refractivity contribution in [3.8, 4) is 0 Å². The largest absolute Gasteiger partial charge is 0.387 e. The average Bonchev–Trinajstić information content (AvgIpc) is 2.42. The molecule has 0 aromatic heterocycles. The Hall–Kier alpha value is -1.86. The molecule has 3 nitrogen and oxygen atoms in total. The molecule has 2 rings (SSSR count). The molecule has 0 spiro atoms. The van der Waals surface area contributed by atoms with Crippen LogP contribution in [0.5, 0.6) is 0 Å². The normalized spacial score (nSPS) is 13.1. The van der Waals surface area contributed by atoms with Crippen LogP contribution in [0.25, 0.3) is 0 Å². The van der Waals surface area contributed by atoms with E-state index in [-0.39, 0.29) is 11.1 Å². The summed E-state index contributed by atoms with van der Waals surface area (Å²) in [6.45, 7) is 0. The topological polar surface area (TPSA) is 54.4 Å². The van der Waals surface area contributed by atoms with Crippen molar-refractivity contribution >= 4 is 9.84 Å². The quantitative estimate of drug-likeness (QED) is 0.917. The first-order valence-corrected chi connectivity index (χ1v) is 8.17. The predicted molar refractivity (Wildman–Crippen MR) is 75.2 cm³/mol.